The Labute approximate surface area is 106 Å². The molecule has 1 aromatic carbocycles. The smallest absolute Gasteiger partial charge is 0.150 e. The van der Waals surface area contributed by atoms with E-state index in [1.807, 2.05) is 24.3 Å². The van der Waals surface area contributed by atoms with Gasteiger partial charge in [-0.25, -0.2) is 0 Å². The van der Waals surface area contributed by atoms with Gasteiger partial charge in [-0.2, -0.15) is 0 Å². The van der Waals surface area contributed by atoms with Crippen LogP contribution in [0.4, 0.5) is 0 Å². The molecular formula is C14H14NO2P. The van der Waals surface area contributed by atoms with Crippen LogP contribution in [0.3, 0.4) is 0 Å². The van der Waals surface area contributed by atoms with Crippen LogP contribution in [0.15, 0.2) is 42.6 Å². The molecule has 0 spiro atoms. The molecule has 0 N–H and O–H groups in total. The van der Waals surface area contributed by atoms with Gasteiger partial charge in [-0.05, 0) is 25.5 Å². The first-order valence-electron chi connectivity index (χ1n) is 5.58. The molecule has 0 fully saturated rings. The van der Waals surface area contributed by atoms with Gasteiger partial charge in [0, 0.05) is 22.6 Å². The Balaban J connectivity index is 2.34. The van der Waals surface area contributed by atoms with Gasteiger partial charge < -0.3 is 4.57 Å². The summed E-state index contributed by atoms with van der Waals surface area (Å²) in [6, 6.07) is 10.9. The molecule has 1 aromatic heterocycles. The van der Waals surface area contributed by atoms with E-state index >= 15 is 0 Å². The van der Waals surface area contributed by atoms with Crippen LogP contribution in [-0.4, -0.2) is 24.6 Å². The Morgan fingerprint density at radius 3 is 2.17 bits per heavy atom. The largest absolute Gasteiger partial charge is 0.319 e. The molecule has 2 rings (SSSR count). The third-order valence-corrected chi connectivity index (χ3v) is 4.22. The summed E-state index contributed by atoms with van der Waals surface area (Å²) < 4.78 is 11.9. The maximum Gasteiger partial charge on any atom is 0.150 e. The maximum absolute atomic E-state index is 11.9. The predicted octanol–water partition coefficient (Wildman–Crippen LogP) is 2.81. The third kappa shape index (κ3) is 2.74. The number of pyridine rings is 1. The fourth-order valence-corrected chi connectivity index (χ4v) is 2.38. The van der Waals surface area contributed by atoms with Crippen molar-refractivity contribution in [2.24, 2.45) is 0 Å². The van der Waals surface area contributed by atoms with Gasteiger partial charge in [0.05, 0.1) is 5.69 Å². The first kappa shape index (κ1) is 12.7. The van der Waals surface area contributed by atoms with Gasteiger partial charge in [0.25, 0.3) is 0 Å². The van der Waals surface area contributed by atoms with Gasteiger partial charge in [-0.3, -0.25) is 9.78 Å². The summed E-state index contributed by atoms with van der Waals surface area (Å²) in [6.45, 7) is 3.45. The molecule has 0 saturated carbocycles. The molecular weight excluding hydrogens is 245 g/mol. The van der Waals surface area contributed by atoms with E-state index < -0.39 is 7.14 Å². The first-order chi connectivity index (χ1) is 8.50. The van der Waals surface area contributed by atoms with E-state index in [1.54, 1.807) is 31.7 Å². The van der Waals surface area contributed by atoms with Crippen LogP contribution < -0.4 is 5.30 Å². The van der Waals surface area contributed by atoms with Crippen molar-refractivity contribution in [2.45, 2.75) is 0 Å². The average molecular weight is 259 g/mol. The lowest BCUT2D eigenvalue weighted by molar-refractivity contribution is 0.112. The Hall–Kier alpha value is -1.73. The van der Waals surface area contributed by atoms with Gasteiger partial charge >= 0.3 is 0 Å². The number of hydrogen-bond donors (Lipinski definition) is 0. The van der Waals surface area contributed by atoms with Crippen molar-refractivity contribution in [1.29, 1.82) is 0 Å². The Bertz CT molecular complexity index is 597. The van der Waals surface area contributed by atoms with Gasteiger partial charge in [0.2, 0.25) is 0 Å². The molecule has 4 heteroatoms. The summed E-state index contributed by atoms with van der Waals surface area (Å²) in [6.07, 6.45) is 2.47. The van der Waals surface area contributed by atoms with Gasteiger partial charge in [0.15, 0.2) is 0 Å². The zero-order chi connectivity index (χ0) is 13.2. The van der Waals surface area contributed by atoms with Crippen molar-refractivity contribution in [3.05, 3.63) is 48.2 Å². The number of aldehydes is 1. The second kappa shape index (κ2) is 4.87. The van der Waals surface area contributed by atoms with Gasteiger partial charge in [0.1, 0.15) is 13.4 Å². The van der Waals surface area contributed by atoms with E-state index in [-0.39, 0.29) is 0 Å². The maximum atomic E-state index is 11.9. The predicted molar refractivity (Wildman–Crippen MR) is 74.1 cm³/mol. The van der Waals surface area contributed by atoms with E-state index in [1.165, 1.54) is 0 Å². The minimum absolute atomic E-state index is 0.641. The fourth-order valence-electron chi connectivity index (χ4n) is 1.61. The van der Waals surface area contributed by atoms with Crippen LogP contribution in [0.1, 0.15) is 10.4 Å². The second-order valence-electron chi connectivity index (χ2n) is 4.49. The molecule has 0 aliphatic carbocycles. The van der Waals surface area contributed by atoms with E-state index in [9.17, 15) is 9.36 Å². The number of carbonyl (C=O) groups excluding carboxylic acids is 1. The van der Waals surface area contributed by atoms with Crippen LogP contribution in [0.25, 0.3) is 11.3 Å². The molecule has 0 bridgehead atoms. The highest BCUT2D eigenvalue weighted by Crippen LogP contribution is 2.34. The van der Waals surface area contributed by atoms with E-state index in [4.69, 9.17) is 0 Å². The number of nitrogens with zero attached hydrogens (tertiary/aromatic N) is 1. The lowest BCUT2D eigenvalue weighted by atomic mass is 10.1. The van der Waals surface area contributed by atoms with E-state index in [2.05, 4.69) is 4.98 Å². The normalized spacial score (nSPS) is 11.2. The zero-order valence-electron chi connectivity index (χ0n) is 10.3. The molecule has 92 valence electrons. The minimum atomic E-state index is -2.25. The molecule has 0 amide bonds. The molecule has 0 atom stereocenters. The number of hydrogen-bond acceptors (Lipinski definition) is 3. The lowest BCUT2D eigenvalue weighted by Gasteiger charge is -2.07. The molecule has 0 saturated heterocycles. The standard InChI is InChI=1S/C14H14NO2P/c1-18(2,17)13-7-8-14(15-9-13)12-5-3-11(10-16)4-6-12/h3-10H,1-2H3. The number of benzene rings is 1. The van der Waals surface area contributed by atoms with Crippen molar-refractivity contribution in [1.82, 2.24) is 4.98 Å². The molecule has 1 heterocycles. The molecule has 0 aliphatic heterocycles. The van der Waals surface area contributed by atoms with Crippen LogP contribution in [0.5, 0.6) is 0 Å². The van der Waals surface area contributed by atoms with Gasteiger partial charge in [-0.1, -0.05) is 24.3 Å². The van der Waals surface area contributed by atoms with Crippen molar-refractivity contribution in [2.75, 3.05) is 13.3 Å². The quantitative estimate of drug-likeness (QED) is 0.629. The SMILES string of the molecule is CP(C)(=O)c1ccc(-c2ccc(C=O)cc2)nc1. The van der Waals surface area contributed by atoms with Crippen LogP contribution in [0.2, 0.25) is 0 Å². The second-order valence-corrected chi connectivity index (χ2v) is 7.71. The summed E-state index contributed by atoms with van der Waals surface area (Å²) in [5, 5.41) is 0.774. The molecule has 0 aliphatic rings. The van der Waals surface area contributed by atoms with E-state index in [0.717, 1.165) is 22.8 Å². The molecule has 0 unspecified atom stereocenters. The highest BCUT2D eigenvalue weighted by atomic mass is 31.2. The minimum Gasteiger partial charge on any atom is -0.319 e. The number of carbonyl (C=O) groups is 1. The summed E-state index contributed by atoms with van der Waals surface area (Å²) >= 11 is 0. The molecule has 18 heavy (non-hydrogen) atoms. The Morgan fingerprint density at radius 2 is 1.72 bits per heavy atom. The molecule has 2 aromatic rings. The number of rotatable bonds is 3. The van der Waals surface area contributed by atoms with Crippen molar-refractivity contribution < 1.29 is 9.36 Å². The third-order valence-electron chi connectivity index (χ3n) is 2.71. The zero-order valence-corrected chi connectivity index (χ0v) is 11.2. The fraction of sp³-hybridized carbons (Fsp3) is 0.143. The molecule has 3 nitrogen and oxygen atoms in total. The number of aromatic nitrogens is 1. The van der Waals surface area contributed by atoms with Crippen LogP contribution >= 0.6 is 7.14 Å². The molecule has 0 radical (unpaired) electrons. The Morgan fingerprint density at radius 1 is 1.06 bits per heavy atom. The lowest BCUT2D eigenvalue weighted by Crippen LogP contribution is -2.03. The van der Waals surface area contributed by atoms with Crippen LogP contribution in [0, 0.1) is 0 Å². The summed E-state index contributed by atoms with van der Waals surface area (Å²) in [5.74, 6) is 0. The van der Waals surface area contributed by atoms with Crippen molar-refractivity contribution in [3.8, 4) is 11.3 Å². The van der Waals surface area contributed by atoms with Crippen molar-refractivity contribution in [3.63, 3.8) is 0 Å². The van der Waals surface area contributed by atoms with Gasteiger partial charge in [-0.15, -0.1) is 0 Å². The topological polar surface area (TPSA) is 47.0 Å². The average Bonchev–Trinajstić information content (AvgIpc) is 2.38. The highest BCUT2D eigenvalue weighted by Gasteiger charge is 2.11. The summed E-state index contributed by atoms with van der Waals surface area (Å²) in [7, 11) is -2.25. The summed E-state index contributed by atoms with van der Waals surface area (Å²) in [4.78, 5) is 14.9. The summed E-state index contributed by atoms with van der Waals surface area (Å²) in [5.41, 5.74) is 2.39. The van der Waals surface area contributed by atoms with Crippen LogP contribution in [-0.2, 0) is 4.57 Å². The van der Waals surface area contributed by atoms with Crippen molar-refractivity contribution >= 4 is 18.7 Å². The van der Waals surface area contributed by atoms with E-state index in [0.29, 0.717) is 5.56 Å². The highest BCUT2D eigenvalue weighted by molar-refractivity contribution is 7.70. The Kier molecular flexibility index (Phi) is 3.44. The first-order valence-corrected chi connectivity index (χ1v) is 8.18. The monoisotopic (exact) mass is 259 g/mol.